The van der Waals surface area contributed by atoms with Crippen molar-refractivity contribution in [3.8, 4) is 0 Å². The van der Waals surface area contributed by atoms with Crippen LogP contribution in [0.4, 0.5) is 14.5 Å². The van der Waals surface area contributed by atoms with Crippen molar-refractivity contribution in [1.82, 2.24) is 10.6 Å². The highest BCUT2D eigenvalue weighted by molar-refractivity contribution is 5.85. The minimum absolute atomic E-state index is 0.0960. The quantitative estimate of drug-likeness (QED) is 0.871. The average molecular weight is 297 g/mol. The lowest BCUT2D eigenvalue weighted by molar-refractivity contribution is -0.121. The Kier molecular flexibility index (Phi) is 5.12. The molecule has 1 aromatic carbocycles. The zero-order valence-corrected chi connectivity index (χ0v) is 12.4. The molecular weight excluding hydrogens is 276 g/mol. The Hall–Kier alpha value is -1.69. The van der Waals surface area contributed by atoms with Crippen LogP contribution in [-0.2, 0) is 11.3 Å². The van der Waals surface area contributed by atoms with Crippen LogP contribution in [0.5, 0.6) is 0 Å². The van der Waals surface area contributed by atoms with Crippen molar-refractivity contribution in [2.24, 2.45) is 0 Å². The van der Waals surface area contributed by atoms with E-state index in [0.29, 0.717) is 25.1 Å². The Morgan fingerprint density at radius 2 is 2.05 bits per heavy atom. The predicted molar refractivity (Wildman–Crippen MR) is 78.2 cm³/mol. The SMILES string of the molecule is CCNCc1cc(F)c(N2CCCC2C(=O)NC)c(F)c1. The summed E-state index contributed by atoms with van der Waals surface area (Å²) in [4.78, 5) is 13.3. The summed E-state index contributed by atoms with van der Waals surface area (Å²) in [7, 11) is 1.53. The minimum Gasteiger partial charge on any atom is -0.357 e. The first-order chi connectivity index (χ1) is 10.1. The molecule has 0 spiro atoms. The summed E-state index contributed by atoms with van der Waals surface area (Å²) in [5, 5.41) is 5.58. The molecule has 4 nitrogen and oxygen atoms in total. The molecule has 116 valence electrons. The van der Waals surface area contributed by atoms with Gasteiger partial charge in [0.25, 0.3) is 0 Å². The molecular formula is C15H21F2N3O. The van der Waals surface area contributed by atoms with Crippen LogP contribution in [0, 0.1) is 11.6 Å². The maximum Gasteiger partial charge on any atom is 0.242 e. The maximum absolute atomic E-state index is 14.3. The molecule has 1 amide bonds. The fraction of sp³-hybridized carbons (Fsp3) is 0.533. The van der Waals surface area contributed by atoms with E-state index in [-0.39, 0.29) is 11.6 Å². The average Bonchev–Trinajstić information content (AvgIpc) is 2.92. The molecule has 21 heavy (non-hydrogen) atoms. The molecule has 6 heteroatoms. The largest absolute Gasteiger partial charge is 0.357 e. The van der Waals surface area contributed by atoms with Gasteiger partial charge < -0.3 is 15.5 Å². The summed E-state index contributed by atoms with van der Waals surface area (Å²) in [6, 6.07) is 2.17. The van der Waals surface area contributed by atoms with Crippen LogP contribution >= 0.6 is 0 Å². The molecule has 1 aliphatic rings. The zero-order valence-electron chi connectivity index (χ0n) is 12.4. The number of likely N-dealkylation sites (N-methyl/N-ethyl adjacent to an activating group) is 1. The standard InChI is InChI=1S/C15H21F2N3O/c1-3-19-9-10-7-11(16)14(12(17)8-10)20-6-4-5-13(20)15(21)18-2/h7-8,13,19H,3-6,9H2,1-2H3,(H,18,21). The van der Waals surface area contributed by atoms with Crippen molar-refractivity contribution >= 4 is 11.6 Å². The molecule has 1 saturated heterocycles. The van der Waals surface area contributed by atoms with Gasteiger partial charge in [-0.05, 0) is 37.1 Å². The van der Waals surface area contributed by atoms with Crippen molar-refractivity contribution in [3.05, 3.63) is 29.3 Å². The number of nitrogens with one attached hydrogen (secondary N) is 2. The van der Waals surface area contributed by atoms with Crippen LogP contribution in [0.3, 0.4) is 0 Å². The van der Waals surface area contributed by atoms with Crippen molar-refractivity contribution in [2.75, 3.05) is 25.0 Å². The second-order valence-corrected chi connectivity index (χ2v) is 5.15. The molecule has 1 aliphatic heterocycles. The van der Waals surface area contributed by atoms with Crippen LogP contribution in [-0.4, -0.2) is 32.1 Å². The third kappa shape index (κ3) is 3.32. The second-order valence-electron chi connectivity index (χ2n) is 5.15. The van der Waals surface area contributed by atoms with Gasteiger partial charge in [0.05, 0.1) is 0 Å². The molecule has 1 aromatic rings. The van der Waals surface area contributed by atoms with Crippen molar-refractivity contribution < 1.29 is 13.6 Å². The first-order valence-electron chi connectivity index (χ1n) is 7.25. The lowest BCUT2D eigenvalue weighted by Crippen LogP contribution is -2.42. The van der Waals surface area contributed by atoms with Gasteiger partial charge in [-0.3, -0.25) is 4.79 Å². The van der Waals surface area contributed by atoms with Gasteiger partial charge in [-0.2, -0.15) is 0 Å². The number of halogens is 2. The molecule has 0 saturated carbocycles. The lowest BCUT2D eigenvalue weighted by atomic mass is 10.1. The van der Waals surface area contributed by atoms with Gasteiger partial charge in [0.2, 0.25) is 5.91 Å². The highest BCUT2D eigenvalue weighted by Crippen LogP contribution is 2.31. The van der Waals surface area contributed by atoms with E-state index in [0.717, 1.165) is 13.0 Å². The highest BCUT2D eigenvalue weighted by Gasteiger charge is 2.33. The zero-order chi connectivity index (χ0) is 15.4. The fourth-order valence-electron chi connectivity index (χ4n) is 2.74. The number of carbonyl (C=O) groups excluding carboxylic acids is 1. The van der Waals surface area contributed by atoms with E-state index in [1.165, 1.54) is 24.1 Å². The van der Waals surface area contributed by atoms with Gasteiger partial charge >= 0.3 is 0 Å². The van der Waals surface area contributed by atoms with Crippen molar-refractivity contribution in [2.45, 2.75) is 32.4 Å². The van der Waals surface area contributed by atoms with Crippen LogP contribution in [0.25, 0.3) is 0 Å². The Balaban J connectivity index is 2.29. The molecule has 1 heterocycles. The van der Waals surface area contributed by atoms with E-state index in [1.807, 2.05) is 6.92 Å². The van der Waals surface area contributed by atoms with E-state index in [9.17, 15) is 13.6 Å². The number of anilines is 1. The maximum atomic E-state index is 14.3. The molecule has 1 unspecified atom stereocenters. The molecule has 1 fully saturated rings. The summed E-state index contributed by atoms with van der Waals surface area (Å²) >= 11 is 0. The normalized spacial score (nSPS) is 18.1. The first kappa shape index (κ1) is 15.7. The van der Waals surface area contributed by atoms with Gasteiger partial charge in [-0.25, -0.2) is 8.78 Å². The van der Waals surface area contributed by atoms with Gasteiger partial charge in [0, 0.05) is 20.1 Å². The van der Waals surface area contributed by atoms with Gasteiger partial charge in [-0.15, -0.1) is 0 Å². The Bertz CT molecular complexity index is 499. The Morgan fingerprint density at radius 3 is 2.62 bits per heavy atom. The molecule has 0 radical (unpaired) electrons. The van der Waals surface area contributed by atoms with E-state index in [1.54, 1.807) is 0 Å². The first-order valence-corrected chi connectivity index (χ1v) is 7.25. The van der Waals surface area contributed by atoms with E-state index < -0.39 is 17.7 Å². The Morgan fingerprint density at radius 1 is 1.38 bits per heavy atom. The predicted octanol–water partition coefficient (Wildman–Crippen LogP) is 1.79. The van der Waals surface area contributed by atoms with E-state index in [4.69, 9.17) is 0 Å². The number of amides is 1. The van der Waals surface area contributed by atoms with Crippen LogP contribution in [0.15, 0.2) is 12.1 Å². The molecule has 2 rings (SSSR count). The lowest BCUT2D eigenvalue weighted by Gasteiger charge is -2.26. The summed E-state index contributed by atoms with van der Waals surface area (Å²) in [6.07, 6.45) is 1.35. The Labute approximate surface area is 123 Å². The molecule has 0 aliphatic carbocycles. The minimum atomic E-state index is -0.612. The summed E-state index contributed by atoms with van der Waals surface area (Å²) < 4.78 is 28.6. The second kappa shape index (κ2) is 6.85. The van der Waals surface area contributed by atoms with Crippen LogP contribution in [0.2, 0.25) is 0 Å². The van der Waals surface area contributed by atoms with Gasteiger partial charge in [0.15, 0.2) is 0 Å². The van der Waals surface area contributed by atoms with Gasteiger partial charge in [0.1, 0.15) is 23.4 Å². The molecule has 0 bridgehead atoms. The van der Waals surface area contributed by atoms with E-state index in [2.05, 4.69) is 10.6 Å². The number of nitrogens with zero attached hydrogens (tertiary/aromatic N) is 1. The number of carbonyl (C=O) groups is 1. The summed E-state index contributed by atoms with van der Waals surface area (Å²) in [5.41, 5.74) is 0.465. The highest BCUT2D eigenvalue weighted by atomic mass is 19.1. The number of hydrogen-bond acceptors (Lipinski definition) is 3. The summed E-state index contributed by atoms with van der Waals surface area (Å²) in [5.74, 6) is -1.43. The monoisotopic (exact) mass is 297 g/mol. The number of rotatable bonds is 5. The fourth-order valence-corrected chi connectivity index (χ4v) is 2.74. The number of benzene rings is 1. The summed E-state index contributed by atoms with van der Waals surface area (Å²) in [6.45, 7) is 3.57. The van der Waals surface area contributed by atoms with Crippen molar-refractivity contribution in [1.29, 1.82) is 0 Å². The molecule has 1 atom stereocenters. The van der Waals surface area contributed by atoms with Crippen LogP contribution in [0.1, 0.15) is 25.3 Å². The third-order valence-corrected chi connectivity index (χ3v) is 3.74. The molecule has 0 aromatic heterocycles. The van der Waals surface area contributed by atoms with Crippen LogP contribution < -0.4 is 15.5 Å². The van der Waals surface area contributed by atoms with Gasteiger partial charge in [-0.1, -0.05) is 6.92 Å². The van der Waals surface area contributed by atoms with E-state index >= 15 is 0 Å². The number of hydrogen-bond donors (Lipinski definition) is 2. The third-order valence-electron chi connectivity index (χ3n) is 3.74. The van der Waals surface area contributed by atoms with Crippen molar-refractivity contribution in [3.63, 3.8) is 0 Å². The molecule has 2 N–H and O–H groups in total. The topological polar surface area (TPSA) is 44.4 Å². The smallest absolute Gasteiger partial charge is 0.242 e.